The summed E-state index contributed by atoms with van der Waals surface area (Å²) in [5.41, 5.74) is 0.414. The molecule has 7 heteroatoms. The zero-order valence-electron chi connectivity index (χ0n) is 9.68. The van der Waals surface area contributed by atoms with Crippen LogP contribution in [0.25, 0.3) is 11.1 Å². The summed E-state index contributed by atoms with van der Waals surface area (Å²) in [6.07, 6.45) is 1.75. The minimum atomic E-state index is -0.606. The van der Waals surface area contributed by atoms with E-state index in [-0.39, 0.29) is 16.3 Å². The number of fused-ring (bicyclic) bond motifs is 1. The average Bonchev–Trinajstić information content (AvgIpc) is 2.60. The lowest BCUT2D eigenvalue weighted by atomic mass is 10.2. The molecule has 0 bridgehead atoms. The molecule has 0 spiro atoms. The van der Waals surface area contributed by atoms with Gasteiger partial charge in [-0.2, -0.15) is 0 Å². The van der Waals surface area contributed by atoms with Crippen LogP contribution in [-0.2, 0) is 6.54 Å². The maximum Gasteiger partial charge on any atom is 0.419 e. The fraction of sp³-hybridized carbons (Fsp3) is 0.364. The Hall–Kier alpha value is -1.82. The lowest BCUT2D eigenvalue weighted by Crippen LogP contribution is -2.13. The Bertz CT molecular complexity index is 659. The van der Waals surface area contributed by atoms with Crippen LogP contribution in [0.5, 0.6) is 0 Å². The van der Waals surface area contributed by atoms with E-state index in [9.17, 15) is 14.9 Å². The van der Waals surface area contributed by atoms with Gasteiger partial charge in [-0.3, -0.25) is 14.7 Å². The van der Waals surface area contributed by atoms with Crippen LogP contribution >= 0.6 is 11.6 Å². The van der Waals surface area contributed by atoms with E-state index >= 15 is 0 Å². The third-order valence-corrected chi connectivity index (χ3v) is 2.97. The number of rotatable bonds is 4. The molecule has 2 aromatic rings. The molecule has 0 saturated heterocycles. The highest BCUT2D eigenvalue weighted by Gasteiger charge is 2.18. The minimum Gasteiger partial charge on any atom is -0.407 e. The van der Waals surface area contributed by atoms with E-state index in [0.29, 0.717) is 12.1 Å². The van der Waals surface area contributed by atoms with Crippen molar-refractivity contribution in [3.05, 3.63) is 37.8 Å². The van der Waals surface area contributed by atoms with E-state index in [4.69, 9.17) is 16.0 Å². The van der Waals surface area contributed by atoms with Gasteiger partial charge in [-0.15, -0.1) is 0 Å². The molecular formula is C11H11ClN2O4. The van der Waals surface area contributed by atoms with Crippen LogP contribution in [0, 0.1) is 10.1 Å². The van der Waals surface area contributed by atoms with Crippen LogP contribution in [-0.4, -0.2) is 9.49 Å². The first kappa shape index (κ1) is 12.6. The first-order valence-electron chi connectivity index (χ1n) is 5.52. The summed E-state index contributed by atoms with van der Waals surface area (Å²) in [5.74, 6) is -0.519. The van der Waals surface area contributed by atoms with Crippen molar-refractivity contribution in [1.82, 2.24) is 4.57 Å². The predicted molar refractivity (Wildman–Crippen MR) is 67.0 cm³/mol. The van der Waals surface area contributed by atoms with Gasteiger partial charge in [-0.05, 0) is 12.5 Å². The Morgan fingerprint density at radius 3 is 2.83 bits per heavy atom. The van der Waals surface area contributed by atoms with Gasteiger partial charge in [0.15, 0.2) is 5.58 Å². The molecule has 1 heterocycles. The number of unbranched alkanes of at least 4 members (excludes halogenated alkanes) is 1. The Labute approximate surface area is 107 Å². The van der Waals surface area contributed by atoms with Crippen LogP contribution in [0.1, 0.15) is 19.8 Å². The molecule has 0 amide bonds. The van der Waals surface area contributed by atoms with Gasteiger partial charge in [-0.25, -0.2) is 4.79 Å². The molecule has 0 saturated carbocycles. The molecular weight excluding hydrogens is 260 g/mol. The zero-order valence-corrected chi connectivity index (χ0v) is 10.4. The number of halogens is 1. The SMILES string of the molecule is CCCCn1c(=O)oc2cc([N+](=O)[O-])c(Cl)cc21. The van der Waals surface area contributed by atoms with Crippen molar-refractivity contribution >= 4 is 28.4 Å². The molecule has 0 aliphatic heterocycles. The number of aryl methyl sites for hydroxylation is 1. The third kappa shape index (κ3) is 2.11. The molecule has 18 heavy (non-hydrogen) atoms. The smallest absolute Gasteiger partial charge is 0.407 e. The van der Waals surface area contributed by atoms with Crippen LogP contribution in [0.4, 0.5) is 5.69 Å². The van der Waals surface area contributed by atoms with Crippen molar-refractivity contribution in [1.29, 1.82) is 0 Å². The first-order chi connectivity index (χ1) is 8.54. The van der Waals surface area contributed by atoms with Gasteiger partial charge in [-0.1, -0.05) is 24.9 Å². The Morgan fingerprint density at radius 2 is 2.22 bits per heavy atom. The molecule has 1 aromatic heterocycles. The number of nitro benzene ring substituents is 1. The van der Waals surface area contributed by atoms with Gasteiger partial charge < -0.3 is 4.42 Å². The number of hydrogen-bond donors (Lipinski definition) is 0. The molecule has 0 fully saturated rings. The summed E-state index contributed by atoms with van der Waals surface area (Å²) in [4.78, 5) is 21.7. The molecule has 6 nitrogen and oxygen atoms in total. The molecule has 96 valence electrons. The molecule has 0 aliphatic carbocycles. The lowest BCUT2D eigenvalue weighted by Gasteiger charge is -2.00. The molecule has 0 unspecified atom stereocenters. The number of nitro groups is 1. The first-order valence-corrected chi connectivity index (χ1v) is 5.89. The van der Waals surface area contributed by atoms with Gasteiger partial charge in [0, 0.05) is 6.54 Å². The van der Waals surface area contributed by atoms with E-state index in [1.807, 2.05) is 6.92 Å². The number of aromatic nitrogens is 1. The summed E-state index contributed by atoms with van der Waals surface area (Å²) < 4.78 is 6.43. The van der Waals surface area contributed by atoms with E-state index in [2.05, 4.69) is 0 Å². The molecule has 0 atom stereocenters. The second-order valence-corrected chi connectivity index (χ2v) is 4.31. The normalized spacial score (nSPS) is 11.0. The number of hydrogen-bond acceptors (Lipinski definition) is 4. The summed E-state index contributed by atoms with van der Waals surface area (Å²) >= 11 is 5.81. The quantitative estimate of drug-likeness (QED) is 0.632. The number of oxazole rings is 1. The number of benzene rings is 1. The van der Waals surface area contributed by atoms with Crippen molar-refractivity contribution < 1.29 is 9.34 Å². The van der Waals surface area contributed by atoms with Crippen LogP contribution in [0.3, 0.4) is 0 Å². The monoisotopic (exact) mass is 270 g/mol. The van der Waals surface area contributed by atoms with Crippen molar-refractivity contribution in [3.8, 4) is 0 Å². The topological polar surface area (TPSA) is 78.3 Å². The fourth-order valence-corrected chi connectivity index (χ4v) is 1.97. The van der Waals surface area contributed by atoms with Crippen molar-refractivity contribution in [2.75, 3.05) is 0 Å². The van der Waals surface area contributed by atoms with E-state index in [0.717, 1.165) is 12.8 Å². The lowest BCUT2D eigenvalue weighted by molar-refractivity contribution is -0.384. The van der Waals surface area contributed by atoms with Crippen LogP contribution < -0.4 is 5.76 Å². The van der Waals surface area contributed by atoms with Crippen LogP contribution in [0.2, 0.25) is 5.02 Å². The zero-order chi connectivity index (χ0) is 13.3. The van der Waals surface area contributed by atoms with Crippen LogP contribution in [0.15, 0.2) is 21.3 Å². The molecule has 1 aromatic carbocycles. The standard InChI is InChI=1S/C11H11ClN2O4/c1-2-3-4-13-9-5-7(12)8(14(16)17)6-10(9)18-11(13)15/h5-6H,2-4H2,1H3. The summed E-state index contributed by atoms with van der Waals surface area (Å²) in [5, 5.41) is 10.7. The Morgan fingerprint density at radius 1 is 1.50 bits per heavy atom. The van der Waals surface area contributed by atoms with Crippen molar-refractivity contribution in [2.45, 2.75) is 26.3 Å². The molecule has 0 N–H and O–H groups in total. The molecule has 2 rings (SSSR count). The fourth-order valence-electron chi connectivity index (χ4n) is 1.74. The third-order valence-electron chi connectivity index (χ3n) is 2.67. The van der Waals surface area contributed by atoms with E-state index < -0.39 is 10.7 Å². The summed E-state index contributed by atoms with van der Waals surface area (Å²) in [7, 11) is 0. The van der Waals surface area contributed by atoms with Gasteiger partial charge in [0.1, 0.15) is 5.02 Å². The average molecular weight is 271 g/mol. The number of nitrogens with zero attached hydrogens (tertiary/aromatic N) is 2. The maximum atomic E-state index is 11.6. The largest absolute Gasteiger partial charge is 0.419 e. The summed E-state index contributed by atoms with van der Waals surface area (Å²) in [6, 6.07) is 2.58. The predicted octanol–water partition coefficient (Wildman–Crippen LogP) is 2.96. The highest BCUT2D eigenvalue weighted by molar-refractivity contribution is 6.33. The second-order valence-electron chi connectivity index (χ2n) is 3.90. The Kier molecular flexibility index (Phi) is 3.38. The highest BCUT2D eigenvalue weighted by atomic mass is 35.5. The van der Waals surface area contributed by atoms with Gasteiger partial charge in [0.05, 0.1) is 16.5 Å². The van der Waals surface area contributed by atoms with Gasteiger partial charge >= 0.3 is 5.76 Å². The van der Waals surface area contributed by atoms with Crippen molar-refractivity contribution in [3.63, 3.8) is 0 Å². The van der Waals surface area contributed by atoms with E-state index in [1.54, 1.807) is 0 Å². The molecule has 0 radical (unpaired) electrons. The maximum absolute atomic E-state index is 11.6. The van der Waals surface area contributed by atoms with Gasteiger partial charge in [0.25, 0.3) is 5.69 Å². The summed E-state index contributed by atoms with van der Waals surface area (Å²) in [6.45, 7) is 2.52. The van der Waals surface area contributed by atoms with E-state index in [1.165, 1.54) is 16.7 Å². The van der Waals surface area contributed by atoms with Crippen molar-refractivity contribution in [2.24, 2.45) is 0 Å². The highest BCUT2D eigenvalue weighted by Crippen LogP contribution is 2.29. The van der Waals surface area contributed by atoms with Gasteiger partial charge in [0.2, 0.25) is 0 Å². The second kappa shape index (κ2) is 4.81. The Balaban J connectivity index is 2.62. The minimum absolute atomic E-state index is 0.00134. The molecule has 0 aliphatic rings.